The lowest BCUT2D eigenvalue weighted by Crippen LogP contribution is -2.17. The van der Waals surface area contributed by atoms with Crippen molar-refractivity contribution in [2.75, 3.05) is 0 Å². The lowest BCUT2D eigenvalue weighted by Gasteiger charge is -2.25. The predicted molar refractivity (Wildman–Crippen MR) is 105 cm³/mol. The van der Waals surface area contributed by atoms with Crippen LogP contribution in [0.15, 0.2) is 72.9 Å². The SMILES string of the molecule is CC1(C)c2c(ccnc2-c2ccccc2)-c2ccc3ccc(F)cc3c21. The van der Waals surface area contributed by atoms with Crippen LogP contribution in [0.5, 0.6) is 0 Å². The number of halogens is 1. The fourth-order valence-corrected chi connectivity index (χ4v) is 4.45. The van der Waals surface area contributed by atoms with E-state index in [1.54, 1.807) is 6.07 Å². The molecule has 0 N–H and O–H groups in total. The molecule has 2 heteroatoms. The van der Waals surface area contributed by atoms with Crippen molar-refractivity contribution in [1.29, 1.82) is 0 Å². The van der Waals surface area contributed by atoms with Crippen molar-refractivity contribution >= 4 is 10.8 Å². The Morgan fingerprint density at radius 3 is 2.35 bits per heavy atom. The number of rotatable bonds is 1. The van der Waals surface area contributed by atoms with E-state index in [9.17, 15) is 4.39 Å². The molecule has 1 aliphatic carbocycles. The Hall–Kier alpha value is -3.00. The molecule has 0 saturated heterocycles. The molecule has 1 aromatic heterocycles. The molecule has 1 nitrogen and oxygen atoms in total. The van der Waals surface area contributed by atoms with Crippen LogP contribution in [0.3, 0.4) is 0 Å². The molecule has 0 saturated carbocycles. The highest BCUT2D eigenvalue weighted by molar-refractivity contribution is 5.99. The molecule has 126 valence electrons. The number of hydrogen-bond acceptors (Lipinski definition) is 1. The fourth-order valence-electron chi connectivity index (χ4n) is 4.45. The van der Waals surface area contributed by atoms with Gasteiger partial charge in [0.05, 0.1) is 5.69 Å². The maximum atomic E-state index is 14.0. The first-order valence-electron chi connectivity index (χ1n) is 8.85. The fraction of sp³-hybridized carbons (Fsp3) is 0.125. The number of benzene rings is 3. The Balaban J connectivity index is 1.88. The van der Waals surface area contributed by atoms with E-state index in [4.69, 9.17) is 4.98 Å². The number of pyridine rings is 1. The van der Waals surface area contributed by atoms with Crippen molar-refractivity contribution < 1.29 is 4.39 Å². The van der Waals surface area contributed by atoms with Crippen molar-refractivity contribution in [3.8, 4) is 22.4 Å². The largest absolute Gasteiger partial charge is 0.256 e. The lowest BCUT2D eigenvalue weighted by molar-refractivity contribution is 0.628. The highest BCUT2D eigenvalue weighted by atomic mass is 19.1. The third-order valence-electron chi connectivity index (χ3n) is 5.52. The molecule has 1 heterocycles. The Bertz CT molecular complexity index is 1160. The molecule has 0 atom stereocenters. The molecule has 0 amide bonds. The van der Waals surface area contributed by atoms with Gasteiger partial charge in [-0.3, -0.25) is 4.98 Å². The zero-order valence-electron chi connectivity index (χ0n) is 14.8. The lowest BCUT2D eigenvalue weighted by atomic mass is 9.78. The van der Waals surface area contributed by atoms with Crippen LogP contribution in [0.2, 0.25) is 0 Å². The second-order valence-corrected chi connectivity index (χ2v) is 7.43. The minimum Gasteiger partial charge on any atom is -0.256 e. The molecule has 0 unspecified atom stereocenters. The zero-order valence-corrected chi connectivity index (χ0v) is 14.8. The molecule has 3 aromatic carbocycles. The van der Waals surface area contributed by atoms with E-state index in [0.29, 0.717) is 0 Å². The monoisotopic (exact) mass is 339 g/mol. The summed E-state index contributed by atoms with van der Waals surface area (Å²) >= 11 is 0. The van der Waals surface area contributed by atoms with E-state index in [1.807, 2.05) is 30.5 Å². The van der Waals surface area contributed by atoms with Crippen LogP contribution in [-0.2, 0) is 5.41 Å². The highest BCUT2D eigenvalue weighted by Gasteiger charge is 2.39. The van der Waals surface area contributed by atoms with Gasteiger partial charge in [-0.2, -0.15) is 0 Å². The van der Waals surface area contributed by atoms with Gasteiger partial charge in [0.25, 0.3) is 0 Å². The zero-order chi connectivity index (χ0) is 17.9. The van der Waals surface area contributed by atoms with Gasteiger partial charge in [-0.05, 0) is 51.2 Å². The minimum atomic E-state index is -0.253. The van der Waals surface area contributed by atoms with Gasteiger partial charge >= 0.3 is 0 Å². The van der Waals surface area contributed by atoms with Crippen LogP contribution in [0.1, 0.15) is 25.0 Å². The Morgan fingerprint density at radius 2 is 1.54 bits per heavy atom. The topological polar surface area (TPSA) is 12.9 Å². The van der Waals surface area contributed by atoms with E-state index in [-0.39, 0.29) is 11.2 Å². The van der Waals surface area contributed by atoms with E-state index in [2.05, 4.69) is 44.2 Å². The first-order chi connectivity index (χ1) is 12.6. The average molecular weight is 339 g/mol. The van der Waals surface area contributed by atoms with Gasteiger partial charge in [0.2, 0.25) is 0 Å². The normalized spacial score (nSPS) is 14.3. The molecule has 0 bridgehead atoms. The van der Waals surface area contributed by atoms with Crippen molar-refractivity contribution in [3.63, 3.8) is 0 Å². The number of hydrogen-bond donors (Lipinski definition) is 0. The molecule has 0 spiro atoms. The highest BCUT2D eigenvalue weighted by Crippen LogP contribution is 2.53. The second-order valence-electron chi connectivity index (χ2n) is 7.43. The molecule has 0 aliphatic heterocycles. The second kappa shape index (κ2) is 5.25. The third kappa shape index (κ3) is 1.99. The summed E-state index contributed by atoms with van der Waals surface area (Å²) in [4.78, 5) is 4.72. The Labute approximate surface area is 152 Å². The molecule has 0 fully saturated rings. The number of aromatic nitrogens is 1. The smallest absolute Gasteiger partial charge is 0.123 e. The molecular formula is C24H18FN. The molecule has 1 aliphatic rings. The van der Waals surface area contributed by atoms with Crippen LogP contribution in [0, 0.1) is 5.82 Å². The van der Waals surface area contributed by atoms with Crippen LogP contribution in [0.25, 0.3) is 33.2 Å². The van der Waals surface area contributed by atoms with Crippen molar-refractivity contribution in [1.82, 2.24) is 4.98 Å². The quantitative estimate of drug-likeness (QED) is 0.394. The maximum absolute atomic E-state index is 14.0. The third-order valence-corrected chi connectivity index (χ3v) is 5.52. The minimum absolute atomic E-state index is 0.195. The summed E-state index contributed by atoms with van der Waals surface area (Å²) in [6, 6.07) is 21.7. The summed E-state index contributed by atoms with van der Waals surface area (Å²) in [6.45, 7) is 4.44. The molecule has 0 radical (unpaired) electrons. The van der Waals surface area contributed by atoms with Crippen LogP contribution in [0.4, 0.5) is 4.39 Å². The number of nitrogens with zero attached hydrogens (tertiary/aromatic N) is 1. The standard InChI is InChI=1S/C24H18FN/c1-24(2)21-18(11-9-15-8-10-17(25)14-20(15)21)19-12-13-26-23(22(19)24)16-6-4-3-5-7-16/h3-14H,1-2H3. The Kier molecular flexibility index (Phi) is 3.08. The average Bonchev–Trinajstić information content (AvgIpc) is 2.90. The molecule has 5 rings (SSSR count). The van der Waals surface area contributed by atoms with Gasteiger partial charge in [0, 0.05) is 17.2 Å². The summed E-state index contributed by atoms with van der Waals surface area (Å²) < 4.78 is 14.0. The van der Waals surface area contributed by atoms with Gasteiger partial charge in [-0.25, -0.2) is 4.39 Å². The summed E-state index contributed by atoms with van der Waals surface area (Å²) in [5.41, 5.74) is 6.66. The van der Waals surface area contributed by atoms with Crippen LogP contribution in [-0.4, -0.2) is 4.98 Å². The summed E-state index contributed by atoms with van der Waals surface area (Å²) in [6.07, 6.45) is 1.88. The van der Waals surface area contributed by atoms with Crippen molar-refractivity contribution in [3.05, 3.63) is 89.9 Å². The van der Waals surface area contributed by atoms with E-state index < -0.39 is 0 Å². The van der Waals surface area contributed by atoms with Crippen molar-refractivity contribution in [2.45, 2.75) is 19.3 Å². The van der Waals surface area contributed by atoms with Gasteiger partial charge in [0.1, 0.15) is 5.82 Å². The number of fused-ring (bicyclic) bond motifs is 5. The van der Waals surface area contributed by atoms with Crippen LogP contribution >= 0.6 is 0 Å². The van der Waals surface area contributed by atoms with Crippen LogP contribution < -0.4 is 0 Å². The maximum Gasteiger partial charge on any atom is 0.123 e. The first-order valence-corrected chi connectivity index (χ1v) is 8.85. The Morgan fingerprint density at radius 1 is 0.808 bits per heavy atom. The van der Waals surface area contributed by atoms with E-state index in [0.717, 1.165) is 22.0 Å². The molecule has 4 aromatic rings. The van der Waals surface area contributed by atoms with Gasteiger partial charge < -0.3 is 0 Å². The van der Waals surface area contributed by atoms with E-state index in [1.165, 1.54) is 28.3 Å². The molecule has 26 heavy (non-hydrogen) atoms. The summed E-state index contributed by atoms with van der Waals surface area (Å²) in [7, 11) is 0. The van der Waals surface area contributed by atoms with Gasteiger partial charge in [-0.15, -0.1) is 0 Å². The first kappa shape index (κ1) is 15.3. The predicted octanol–water partition coefficient (Wildman–Crippen LogP) is 6.35. The summed E-state index contributed by atoms with van der Waals surface area (Å²) in [5, 5.41) is 2.06. The van der Waals surface area contributed by atoms with Gasteiger partial charge in [0.15, 0.2) is 0 Å². The van der Waals surface area contributed by atoms with E-state index >= 15 is 0 Å². The van der Waals surface area contributed by atoms with Gasteiger partial charge in [-0.1, -0.05) is 62.4 Å². The van der Waals surface area contributed by atoms with Crippen molar-refractivity contribution in [2.24, 2.45) is 0 Å². The summed E-state index contributed by atoms with van der Waals surface area (Å²) in [5.74, 6) is -0.195. The molecular weight excluding hydrogens is 321 g/mol.